The average Bonchev–Trinajstić information content (AvgIpc) is 3.19. The van der Waals surface area contributed by atoms with Gasteiger partial charge in [-0.15, -0.1) is 0 Å². The molecule has 20 heavy (non-hydrogen) atoms. The van der Waals surface area contributed by atoms with E-state index in [9.17, 15) is 4.39 Å². The van der Waals surface area contributed by atoms with Crippen molar-refractivity contribution in [2.75, 3.05) is 5.73 Å². The second kappa shape index (κ2) is 4.93. The molecular formula is C16H20FN3. The van der Waals surface area contributed by atoms with Crippen molar-refractivity contribution in [2.45, 2.75) is 45.6 Å². The quantitative estimate of drug-likeness (QED) is 0.919. The summed E-state index contributed by atoms with van der Waals surface area (Å²) in [5, 5.41) is 0. The van der Waals surface area contributed by atoms with Gasteiger partial charge >= 0.3 is 0 Å². The number of halogens is 1. The number of nitrogens with zero attached hydrogens (tertiary/aromatic N) is 2. The van der Waals surface area contributed by atoms with Gasteiger partial charge in [0.1, 0.15) is 23.2 Å². The van der Waals surface area contributed by atoms with Crippen LogP contribution in [0.3, 0.4) is 0 Å². The highest BCUT2D eigenvalue weighted by molar-refractivity contribution is 5.71. The number of nitrogen functional groups attached to an aromatic ring is 1. The molecule has 4 heteroatoms. The standard InChI is InChI=1S/C16H20FN3/c1-3-4-14-19-15(16(18)20(14)12-6-7-12)11-5-8-13(17)10(2)9-11/h5,8-9,12H,3-4,6-7,18H2,1-2H3. The predicted octanol–water partition coefficient (Wildman–Crippen LogP) is 3.87. The summed E-state index contributed by atoms with van der Waals surface area (Å²) < 4.78 is 15.6. The van der Waals surface area contributed by atoms with E-state index >= 15 is 0 Å². The van der Waals surface area contributed by atoms with Crippen molar-refractivity contribution in [3.05, 3.63) is 35.4 Å². The molecule has 1 aliphatic carbocycles. The zero-order valence-corrected chi connectivity index (χ0v) is 12.0. The molecular weight excluding hydrogens is 253 g/mol. The zero-order valence-electron chi connectivity index (χ0n) is 12.0. The van der Waals surface area contributed by atoms with E-state index in [0.29, 0.717) is 11.6 Å². The summed E-state index contributed by atoms with van der Waals surface area (Å²) in [7, 11) is 0. The number of anilines is 1. The van der Waals surface area contributed by atoms with Crippen LogP contribution in [0.25, 0.3) is 11.3 Å². The van der Waals surface area contributed by atoms with Crippen molar-refractivity contribution in [1.29, 1.82) is 0 Å². The van der Waals surface area contributed by atoms with Crippen LogP contribution < -0.4 is 5.73 Å². The van der Waals surface area contributed by atoms with Crippen molar-refractivity contribution in [2.24, 2.45) is 0 Å². The molecule has 106 valence electrons. The molecule has 1 aromatic carbocycles. The van der Waals surface area contributed by atoms with E-state index in [-0.39, 0.29) is 5.82 Å². The van der Waals surface area contributed by atoms with E-state index in [2.05, 4.69) is 11.5 Å². The molecule has 1 fully saturated rings. The number of hydrogen-bond donors (Lipinski definition) is 1. The molecule has 0 aliphatic heterocycles. The Bertz CT molecular complexity index is 641. The van der Waals surface area contributed by atoms with Gasteiger partial charge in [0.05, 0.1) is 0 Å². The first-order valence-electron chi connectivity index (χ1n) is 7.25. The summed E-state index contributed by atoms with van der Waals surface area (Å²) in [6, 6.07) is 5.58. The highest BCUT2D eigenvalue weighted by Gasteiger charge is 2.29. The topological polar surface area (TPSA) is 43.8 Å². The monoisotopic (exact) mass is 273 g/mol. The van der Waals surface area contributed by atoms with Crippen molar-refractivity contribution in [3.8, 4) is 11.3 Å². The highest BCUT2D eigenvalue weighted by atomic mass is 19.1. The molecule has 1 aliphatic rings. The second-order valence-electron chi connectivity index (χ2n) is 5.58. The average molecular weight is 273 g/mol. The van der Waals surface area contributed by atoms with Crippen LogP contribution in [0.1, 0.15) is 43.6 Å². The number of hydrogen-bond acceptors (Lipinski definition) is 2. The second-order valence-corrected chi connectivity index (χ2v) is 5.58. The Labute approximate surface area is 118 Å². The molecule has 2 aromatic rings. The fourth-order valence-corrected chi connectivity index (χ4v) is 2.64. The minimum atomic E-state index is -0.192. The Balaban J connectivity index is 2.08. The van der Waals surface area contributed by atoms with Crippen LogP contribution in [0.2, 0.25) is 0 Å². The van der Waals surface area contributed by atoms with Gasteiger partial charge in [-0.3, -0.25) is 0 Å². The fraction of sp³-hybridized carbons (Fsp3) is 0.438. The van der Waals surface area contributed by atoms with Crippen molar-refractivity contribution >= 4 is 5.82 Å². The van der Waals surface area contributed by atoms with Gasteiger partial charge in [0.15, 0.2) is 0 Å². The number of nitrogens with two attached hydrogens (primary N) is 1. The van der Waals surface area contributed by atoms with Crippen LogP contribution in [0, 0.1) is 12.7 Å². The SMILES string of the molecule is CCCc1nc(-c2ccc(F)c(C)c2)c(N)n1C1CC1. The summed E-state index contributed by atoms with van der Waals surface area (Å²) in [5.41, 5.74) is 8.62. The van der Waals surface area contributed by atoms with Gasteiger partial charge in [-0.05, 0) is 49.9 Å². The summed E-state index contributed by atoms with van der Waals surface area (Å²) in [4.78, 5) is 4.72. The summed E-state index contributed by atoms with van der Waals surface area (Å²) in [5.74, 6) is 1.59. The van der Waals surface area contributed by atoms with Crippen LogP contribution in [0.15, 0.2) is 18.2 Å². The van der Waals surface area contributed by atoms with Crippen LogP contribution in [0.5, 0.6) is 0 Å². The number of aromatic nitrogens is 2. The number of aryl methyl sites for hydroxylation is 2. The van der Waals surface area contributed by atoms with Gasteiger partial charge < -0.3 is 10.3 Å². The molecule has 1 heterocycles. The molecule has 0 spiro atoms. The predicted molar refractivity (Wildman–Crippen MR) is 79.0 cm³/mol. The Hall–Kier alpha value is -1.84. The molecule has 3 nitrogen and oxygen atoms in total. The lowest BCUT2D eigenvalue weighted by atomic mass is 10.1. The minimum Gasteiger partial charge on any atom is -0.383 e. The fourth-order valence-electron chi connectivity index (χ4n) is 2.64. The number of imidazole rings is 1. The van der Waals surface area contributed by atoms with Crippen molar-refractivity contribution in [3.63, 3.8) is 0 Å². The molecule has 0 unspecified atom stereocenters. The summed E-state index contributed by atoms with van der Waals surface area (Å²) in [6.45, 7) is 3.91. The lowest BCUT2D eigenvalue weighted by Crippen LogP contribution is -2.05. The van der Waals surface area contributed by atoms with E-state index in [4.69, 9.17) is 10.7 Å². The van der Waals surface area contributed by atoms with E-state index < -0.39 is 0 Å². The third-order valence-electron chi connectivity index (χ3n) is 3.84. The maximum Gasteiger partial charge on any atom is 0.131 e. The van der Waals surface area contributed by atoms with E-state index in [0.717, 1.165) is 35.7 Å². The van der Waals surface area contributed by atoms with Crippen LogP contribution in [0.4, 0.5) is 10.2 Å². The first-order valence-corrected chi connectivity index (χ1v) is 7.25. The Morgan fingerprint density at radius 2 is 2.15 bits per heavy atom. The molecule has 0 bridgehead atoms. The summed E-state index contributed by atoms with van der Waals surface area (Å²) in [6.07, 6.45) is 4.34. The Kier molecular flexibility index (Phi) is 3.24. The highest BCUT2D eigenvalue weighted by Crippen LogP contribution is 2.41. The van der Waals surface area contributed by atoms with Gasteiger partial charge in [0.2, 0.25) is 0 Å². The van der Waals surface area contributed by atoms with Gasteiger partial charge in [0, 0.05) is 18.0 Å². The van der Waals surface area contributed by atoms with E-state index in [1.165, 1.54) is 18.9 Å². The molecule has 0 radical (unpaired) electrons. The maximum atomic E-state index is 13.4. The number of rotatable bonds is 4. The maximum absolute atomic E-state index is 13.4. The van der Waals surface area contributed by atoms with E-state index in [1.807, 2.05) is 6.07 Å². The smallest absolute Gasteiger partial charge is 0.131 e. The summed E-state index contributed by atoms with van der Waals surface area (Å²) >= 11 is 0. The van der Waals surface area contributed by atoms with Gasteiger partial charge in [-0.2, -0.15) is 0 Å². The van der Waals surface area contributed by atoms with Crippen molar-refractivity contribution in [1.82, 2.24) is 9.55 Å². The minimum absolute atomic E-state index is 0.192. The normalized spacial score (nSPS) is 14.8. The van der Waals surface area contributed by atoms with Crippen molar-refractivity contribution < 1.29 is 4.39 Å². The van der Waals surface area contributed by atoms with Crippen LogP contribution in [-0.2, 0) is 6.42 Å². The molecule has 0 amide bonds. The van der Waals surface area contributed by atoms with E-state index in [1.54, 1.807) is 13.0 Å². The lowest BCUT2D eigenvalue weighted by Gasteiger charge is -2.07. The largest absolute Gasteiger partial charge is 0.383 e. The molecule has 0 saturated heterocycles. The molecule has 1 saturated carbocycles. The Morgan fingerprint density at radius 1 is 1.40 bits per heavy atom. The zero-order chi connectivity index (χ0) is 14.3. The van der Waals surface area contributed by atoms with Gasteiger partial charge in [-0.25, -0.2) is 9.37 Å². The number of benzene rings is 1. The first kappa shape index (κ1) is 13.2. The lowest BCUT2D eigenvalue weighted by molar-refractivity contribution is 0.619. The van der Waals surface area contributed by atoms with Crippen LogP contribution in [-0.4, -0.2) is 9.55 Å². The molecule has 0 atom stereocenters. The third-order valence-corrected chi connectivity index (χ3v) is 3.84. The molecule has 2 N–H and O–H groups in total. The first-order chi connectivity index (χ1) is 9.61. The van der Waals surface area contributed by atoms with Crippen LogP contribution >= 0.6 is 0 Å². The molecule has 1 aromatic heterocycles. The Morgan fingerprint density at radius 3 is 2.75 bits per heavy atom. The molecule has 3 rings (SSSR count). The third kappa shape index (κ3) is 2.19. The van der Waals surface area contributed by atoms with Gasteiger partial charge in [0.25, 0.3) is 0 Å². The van der Waals surface area contributed by atoms with Gasteiger partial charge in [-0.1, -0.05) is 6.92 Å².